The third-order valence-corrected chi connectivity index (χ3v) is 2.59. The molecule has 0 unspecified atom stereocenters. The standard InChI is InChI=1S/C10H9S/c1-2-8-3-4-9-6-11-7-10(9)5-8/h3-5,7H,2H2,1H3. The molecule has 1 aromatic heterocycles. The van der Waals surface area contributed by atoms with Gasteiger partial charge in [0.15, 0.2) is 0 Å². The van der Waals surface area contributed by atoms with Crippen molar-refractivity contribution >= 4 is 22.1 Å². The summed E-state index contributed by atoms with van der Waals surface area (Å²) >= 11 is 1.65. The number of rotatable bonds is 1. The first-order valence-corrected chi connectivity index (χ1v) is 4.66. The zero-order valence-electron chi connectivity index (χ0n) is 6.42. The smallest absolute Gasteiger partial charge is 0.0527 e. The van der Waals surface area contributed by atoms with Crippen LogP contribution in [0.5, 0.6) is 0 Å². The monoisotopic (exact) mass is 161 g/mol. The zero-order chi connectivity index (χ0) is 7.68. The molecule has 0 aliphatic carbocycles. The van der Waals surface area contributed by atoms with Gasteiger partial charge in [-0.15, -0.1) is 11.3 Å². The maximum Gasteiger partial charge on any atom is 0.0527 e. The molecule has 0 bridgehead atoms. The molecule has 0 fully saturated rings. The van der Waals surface area contributed by atoms with E-state index in [0.717, 1.165) is 6.42 Å². The Hall–Kier alpha value is -0.820. The molecule has 2 aromatic rings. The molecule has 55 valence electrons. The predicted molar refractivity (Wildman–Crippen MR) is 50.0 cm³/mol. The van der Waals surface area contributed by atoms with Crippen molar-refractivity contribution in [2.45, 2.75) is 13.3 Å². The summed E-state index contributed by atoms with van der Waals surface area (Å²) in [6.45, 7) is 2.18. The van der Waals surface area contributed by atoms with Gasteiger partial charge in [-0.2, -0.15) is 0 Å². The highest BCUT2D eigenvalue weighted by Gasteiger charge is 1.94. The normalized spacial score (nSPS) is 10.6. The van der Waals surface area contributed by atoms with Gasteiger partial charge < -0.3 is 0 Å². The molecule has 0 amide bonds. The molecule has 0 saturated heterocycles. The minimum Gasteiger partial charge on any atom is -0.142 e. The summed E-state index contributed by atoms with van der Waals surface area (Å²) in [7, 11) is 0. The van der Waals surface area contributed by atoms with Crippen LogP contribution in [0.4, 0.5) is 0 Å². The number of aryl methyl sites for hydroxylation is 1. The van der Waals surface area contributed by atoms with Gasteiger partial charge in [0, 0.05) is 5.39 Å². The summed E-state index contributed by atoms with van der Waals surface area (Å²) in [5.74, 6) is 0. The lowest BCUT2D eigenvalue weighted by atomic mass is 10.1. The summed E-state index contributed by atoms with van der Waals surface area (Å²) in [5.41, 5.74) is 1.41. The van der Waals surface area contributed by atoms with Gasteiger partial charge >= 0.3 is 0 Å². The van der Waals surface area contributed by atoms with Crippen molar-refractivity contribution in [2.24, 2.45) is 0 Å². The molecular formula is C10H9S. The van der Waals surface area contributed by atoms with Crippen molar-refractivity contribution in [3.63, 3.8) is 0 Å². The lowest BCUT2D eigenvalue weighted by molar-refractivity contribution is 1.15. The van der Waals surface area contributed by atoms with Crippen LogP contribution in [0.15, 0.2) is 23.6 Å². The number of thiophene rings is 1. The van der Waals surface area contributed by atoms with E-state index in [0.29, 0.717) is 0 Å². The van der Waals surface area contributed by atoms with Gasteiger partial charge in [-0.3, -0.25) is 0 Å². The Morgan fingerprint density at radius 1 is 1.45 bits per heavy atom. The number of fused-ring (bicyclic) bond motifs is 1. The molecule has 1 aromatic carbocycles. The molecular weight excluding hydrogens is 152 g/mol. The zero-order valence-corrected chi connectivity index (χ0v) is 7.24. The molecule has 0 nitrogen and oxygen atoms in total. The van der Waals surface area contributed by atoms with Crippen LogP contribution in [0.2, 0.25) is 0 Å². The maximum atomic E-state index is 3.21. The highest BCUT2D eigenvalue weighted by molar-refractivity contribution is 7.08. The van der Waals surface area contributed by atoms with E-state index in [1.807, 2.05) is 0 Å². The van der Waals surface area contributed by atoms with E-state index in [1.54, 1.807) is 11.3 Å². The van der Waals surface area contributed by atoms with Crippen molar-refractivity contribution in [1.29, 1.82) is 0 Å². The van der Waals surface area contributed by atoms with E-state index < -0.39 is 0 Å². The summed E-state index contributed by atoms with van der Waals surface area (Å²) in [5, 5.41) is 7.93. The maximum absolute atomic E-state index is 3.21. The quantitative estimate of drug-likeness (QED) is 0.602. The van der Waals surface area contributed by atoms with E-state index in [-0.39, 0.29) is 0 Å². The Morgan fingerprint density at radius 3 is 3.18 bits per heavy atom. The molecule has 11 heavy (non-hydrogen) atoms. The number of hydrogen-bond acceptors (Lipinski definition) is 1. The summed E-state index contributed by atoms with van der Waals surface area (Å²) < 4.78 is 0. The Morgan fingerprint density at radius 2 is 2.36 bits per heavy atom. The topological polar surface area (TPSA) is 0 Å². The second kappa shape index (κ2) is 2.67. The number of hydrogen-bond donors (Lipinski definition) is 0. The van der Waals surface area contributed by atoms with Crippen LogP contribution in [0.3, 0.4) is 0 Å². The minimum absolute atomic E-state index is 1.12. The van der Waals surface area contributed by atoms with Crippen LogP contribution in [0.1, 0.15) is 12.5 Å². The van der Waals surface area contributed by atoms with E-state index in [2.05, 4.69) is 35.9 Å². The molecule has 0 N–H and O–H groups in total. The summed E-state index contributed by atoms with van der Waals surface area (Å²) in [4.78, 5) is 0. The molecule has 0 spiro atoms. The van der Waals surface area contributed by atoms with Gasteiger partial charge in [0.25, 0.3) is 0 Å². The lowest BCUT2D eigenvalue weighted by Gasteiger charge is -1.94. The fraction of sp³-hybridized carbons (Fsp3) is 0.200. The van der Waals surface area contributed by atoms with E-state index >= 15 is 0 Å². The van der Waals surface area contributed by atoms with Gasteiger partial charge in [0.2, 0.25) is 0 Å². The summed E-state index contributed by atoms with van der Waals surface area (Å²) in [6.07, 6.45) is 1.12. The first-order chi connectivity index (χ1) is 5.40. The molecule has 1 heterocycles. The fourth-order valence-electron chi connectivity index (χ4n) is 1.18. The fourth-order valence-corrected chi connectivity index (χ4v) is 1.87. The van der Waals surface area contributed by atoms with Crippen molar-refractivity contribution < 1.29 is 0 Å². The largest absolute Gasteiger partial charge is 0.142 e. The van der Waals surface area contributed by atoms with Gasteiger partial charge in [-0.05, 0) is 22.8 Å². The first kappa shape index (κ1) is 6.86. The average molecular weight is 161 g/mol. The van der Waals surface area contributed by atoms with Crippen LogP contribution in [0, 0.1) is 5.38 Å². The molecule has 0 saturated carbocycles. The van der Waals surface area contributed by atoms with Crippen molar-refractivity contribution in [2.75, 3.05) is 0 Å². The van der Waals surface area contributed by atoms with Crippen LogP contribution in [-0.4, -0.2) is 0 Å². The molecule has 0 atom stereocenters. The second-order valence-electron chi connectivity index (χ2n) is 2.61. The van der Waals surface area contributed by atoms with Crippen molar-refractivity contribution in [1.82, 2.24) is 0 Å². The van der Waals surface area contributed by atoms with Crippen LogP contribution in [0.25, 0.3) is 10.8 Å². The predicted octanol–water partition coefficient (Wildman–Crippen LogP) is 3.26. The van der Waals surface area contributed by atoms with Gasteiger partial charge in [0.1, 0.15) is 0 Å². The third-order valence-electron chi connectivity index (χ3n) is 1.88. The minimum atomic E-state index is 1.12. The molecule has 0 aliphatic rings. The Balaban J connectivity index is 2.67. The Bertz CT molecular complexity index is 360. The Labute approximate surface area is 70.5 Å². The van der Waals surface area contributed by atoms with E-state index in [1.165, 1.54) is 16.3 Å². The third kappa shape index (κ3) is 1.16. The van der Waals surface area contributed by atoms with Gasteiger partial charge in [-0.1, -0.05) is 25.1 Å². The number of benzene rings is 1. The van der Waals surface area contributed by atoms with E-state index in [9.17, 15) is 0 Å². The second-order valence-corrected chi connectivity index (χ2v) is 3.29. The van der Waals surface area contributed by atoms with Crippen molar-refractivity contribution in [3.05, 3.63) is 34.5 Å². The average Bonchev–Trinajstić information content (AvgIpc) is 2.50. The van der Waals surface area contributed by atoms with Gasteiger partial charge in [-0.25, -0.2) is 0 Å². The highest BCUT2D eigenvalue weighted by atomic mass is 32.1. The lowest BCUT2D eigenvalue weighted by Crippen LogP contribution is -1.76. The Kier molecular flexibility index (Phi) is 1.66. The van der Waals surface area contributed by atoms with Gasteiger partial charge in [0.05, 0.1) is 5.38 Å². The van der Waals surface area contributed by atoms with Crippen molar-refractivity contribution in [3.8, 4) is 0 Å². The van der Waals surface area contributed by atoms with Crippen LogP contribution < -0.4 is 0 Å². The first-order valence-electron chi connectivity index (χ1n) is 3.78. The summed E-state index contributed by atoms with van der Waals surface area (Å²) in [6, 6.07) is 6.55. The molecule has 0 aliphatic heterocycles. The molecule has 1 radical (unpaired) electrons. The van der Waals surface area contributed by atoms with E-state index in [4.69, 9.17) is 0 Å². The SMILES string of the molecule is CCc1ccc2[c]scc2c1. The highest BCUT2D eigenvalue weighted by Crippen LogP contribution is 2.19. The molecule has 1 heteroatoms. The van der Waals surface area contributed by atoms with Crippen LogP contribution >= 0.6 is 11.3 Å². The van der Waals surface area contributed by atoms with Crippen LogP contribution in [-0.2, 0) is 6.42 Å². The molecule has 2 rings (SSSR count).